The minimum absolute atomic E-state index is 0.131. The van der Waals surface area contributed by atoms with Crippen LogP contribution in [0, 0.1) is 13.8 Å². The fourth-order valence-corrected chi connectivity index (χ4v) is 5.44. The van der Waals surface area contributed by atoms with Crippen LogP contribution in [0.5, 0.6) is 0 Å². The zero-order valence-electron chi connectivity index (χ0n) is 24.7. The highest BCUT2D eigenvalue weighted by atomic mass is 32.2. The lowest BCUT2D eigenvalue weighted by Crippen LogP contribution is -2.33. The van der Waals surface area contributed by atoms with Gasteiger partial charge in [-0.3, -0.25) is 9.69 Å². The Morgan fingerprint density at radius 1 is 1.04 bits per heavy atom. The molecule has 1 aliphatic rings. The van der Waals surface area contributed by atoms with E-state index in [1.165, 1.54) is 15.9 Å². The lowest BCUT2D eigenvalue weighted by molar-refractivity contribution is -0.289. The Morgan fingerprint density at radius 2 is 1.78 bits per heavy atom. The molecule has 1 aliphatic heterocycles. The van der Waals surface area contributed by atoms with E-state index in [1.807, 2.05) is 32.0 Å². The van der Waals surface area contributed by atoms with Crippen molar-refractivity contribution in [1.82, 2.24) is 14.8 Å². The van der Waals surface area contributed by atoms with Gasteiger partial charge in [-0.05, 0) is 68.3 Å². The molecule has 15 heteroatoms. The first-order valence-corrected chi connectivity index (χ1v) is 14.9. The van der Waals surface area contributed by atoms with Crippen molar-refractivity contribution in [2.24, 2.45) is 4.99 Å². The number of aryl methyl sites for hydroxylation is 2. The van der Waals surface area contributed by atoms with Gasteiger partial charge < -0.3 is 10.1 Å². The van der Waals surface area contributed by atoms with E-state index in [0.29, 0.717) is 47.8 Å². The number of hydrogen-bond acceptors (Lipinski definition) is 6. The third kappa shape index (κ3) is 6.79. The Labute approximate surface area is 264 Å². The maximum Gasteiger partial charge on any atom is 0.458 e. The summed E-state index contributed by atoms with van der Waals surface area (Å²) in [5.74, 6) is -4.81. The largest absolute Gasteiger partial charge is 0.458 e. The number of hydrogen-bond donors (Lipinski definition) is 1. The number of amidine groups is 1. The molecule has 9 nitrogen and oxygen atoms in total. The molecule has 1 saturated heterocycles. The van der Waals surface area contributed by atoms with Crippen molar-refractivity contribution in [2.45, 2.75) is 39.5 Å². The molecule has 1 N–H and O–H groups in total. The maximum atomic E-state index is 13.6. The van der Waals surface area contributed by atoms with Gasteiger partial charge in [-0.25, -0.2) is 14.5 Å². The highest BCUT2D eigenvalue weighted by molar-refractivity contribution is 8.15. The number of alkyl halides is 5. The number of benzene rings is 3. The smallest absolute Gasteiger partial charge is 0.377 e. The van der Waals surface area contributed by atoms with Crippen LogP contribution in [0.15, 0.2) is 72.0 Å². The summed E-state index contributed by atoms with van der Waals surface area (Å²) in [5.41, 5.74) is 3.03. The second kappa shape index (κ2) is 13.0. The molecular weight excluding hydrogens is 631 g/mol. The number of thioether (sulfide) groups is 1. The molecule has 240 valence electrons. The van der Waals surface area contributed by atoms with Crippen LogP contribution in [-0.2, 0) is 22.1 Å². The summed E-state index contributed by atoms with van der Waals surface area (Å²) in [6.07, 6.45) is -4.41. The lowest BCUT2D eigenvalue weighted by Gasteiger charge is -2.20. The summed E-state index contributed by atoms with van der Waals surface area (Å²) >= 11 is 1.16. The van der Waals surface area contributed by atoms with Gasteiger partial charge in [-0.1, -0.05) is 36.0 Å². The topological polar surface area (TPSA) is 102 Å². The highest BCUT2D eigenvalue weighted by Crippen LogP contribution is 2.44. The number of amides is 3. The second-order valence-corrected chi connectivity index (χ2v) is 11.2. The van der Waals surface area contributed by atoms with Crippen molar-refractivity contribution in [3.63, 3.8) is 0 Å². The van der Waals surface area contributed by atoms with E-state index in [4.69, 9.17) is 4.74 Å². The van der Waals surface area contributed by atoms with E-state index in [2.05, 4.69) is 20.4 Å². The van der Waals surface area contributed by atoms with Gasteiger partial charge in [0, 0.05) is 29.0 Å². The first kappa shape index (κ1) is 32.8. The molecule has 0 spiro atoms. The molecule has 0 unspecified atom stereocenters. The third-order valence-electron chi connectivity index (χ3n) is 6.97. The molecule has 5 rings (SSSR count). The van der Waals surface area contributed by atoms with Crippen molar-refractivity contribution < 1.29 is 36.3 Å². The number of aromatic nitrogens is 3. The number of ether oxygens (including phenoxy) is 1. The summed E-state index contributed by atoms with van der Waals surface area (Å²) < 4.78 is 72.1. The van der Waals surface area contributed by atoms with Crippen LogP contribution in [-0.4, -0.2) is 50.4 Å². The van der Waals surface area contributed by atoms with E-state index in [-0.39, 0.29) is 28.3 Å². The number of aliphatic imine (C=N–C) groups is 1. The Hall–Kier alpha value is -4.63. The van der Waals surface area contributed by atoms with Gasteiger partial charge in [0.15, 0.2) is 11.0 Å². The summed E-state index contributed by atoms with van der Waals surface area (Å²) in [4.78, 5) is 35.6. The normalized spacial score (nSPS) is 14.7. The summed E-state index contributed by atoms with van der Waals surface area (Å²) in [5, 5.41) is 7.28. The molecule has 0 saturated carbocycles. The fraction of sp³-hybridized carbons (Fsp3) is 0.258. The molecule has 0 atom stereocenters. The Kier molecular flexibility index (Phi) is 9.26. The molecule has 1 fully saturated rings. The fourth-order valence-electron chi connectivity index (χ4n) is 4.58. The molecule has 46 heavy (non-hydrogen) atoms. The van der Waals surface area contributed by atoms with Crippen molar-refractivity contribution >= 4 is 40.2 Å². The molecule has 0 radical (unpaired) electrons. The molecule has 3 aromatic carbocycles. The average Bonchev–Trinajstić information content (AvgIpc) is 3.64. The molecule has 3 amide bonds. The lowest BCUT2D eigenvalue weighted by atomic mass is 10.1. The molecular formula is C31H27F5N6O3S. The Balaban J connectivity index is 1.31. The minimum Gasteiger partial charge on any atom is -0.377 e. The number of carbonyl (C=O) groups excluding carboxylic acids is 2. The first-order chi connectivity index (χ1) is 21.8. The van der Waals surface area contributed by atoms with Gasteiger partial charge in [0.05, 0.1) is 23.7 Å². The van der Waals surface area contributed by atoms with Crippen LogP contribution in [0.25, 0.3) is 17.1 Å². The number of urea groups is 1. The summed E-state index contributed by atoms with van der Waals surface area (Å²) in [6, 6.07) is 13.5. The van der Waals surface area contributed by atoms with E-state index < -0.39 is 23.7 Å². The highest BCUT2D eigenvalue weighted by Gasteiger charge is 2.58. The van der Waals surface area contributed by atoms with Crippen LogP contribution in [0.1, 0.15) is 29.2 Å². The Bertz CT molecular complexity index is 1810. The van der Waals surface area contributed by atoms with Crippen LogP contribution >= 0.6 is 11.8 Å². The zero-order chi connectivity index (χ0) is 33.2. The van der Waals surface area contributed by atoms with Crippen molar-refractivity contribution in [1.29, 1.82) is 0 Å². The summed E-state index contributed by atoms with van der Waals surface area (Å²) in [6.45, 7) is 6.32. The van der Waals surface area contributed by atoms with Gasteiger partial charge in [0.1, 0.15) is 6.33 Å². The molecule has 0 aliphatic carbocycles. The SMILES string of the molecule is CCOCc1ccc(C)cc1N1C(=O)CS/C1=N\C(=O)Nc1ccc(-c2ncn(-c3ccc(C(F)(F)C(F)(F)F)cc3)n2)cc1C. The molecule has 1 aromatic heterocycles. The number of nitrogens with one attached hydrogen (secondary N) is 1. The molecule has 2 heterocycles. The standard InChI is InChI=1S/C31H27F5N6O3S/c1-4-45-15-21-6-5-18(2)13-25(21)42-26(43)16-46-29(42)39-28(44)38-24-12-7-20(14-19(24)3)27-37-17-41(40-27)23-10-8-22(9-11-23)30(32,33)31(34,35)36/h5-14,17H,4,15-16H2,1-3H3,(H,38,44)/b39-29-. The quantitative estimate of drug-likeness (QED) is 0.198. The van der Waals surface area contributed by atoms with Gasteiger partial charge in [0.2, 0.25) is 5.91 Å². The number of rotatable bonds is 8. The van der Waals surface area contributed by atoms with Crippen molar-refractivity contribution in [3.8, 4) is 17.1 Å². The van der Waals surface area contributed by atoms with E-state index in [9.17, 15) is 31.5 Å². The minimum atomic E-state index is -5.71. The van der Waals surface area contributed by atoms with Crippen molar-refractivity contribution in [3.05, 3.63) is 89.2 Å². The predicted molar refractivity (Wildman–Crippen MR) is 164 cm³/mol. The average molecular weight is 659 g/mol. The number of carbonyl (C=O) groups is 2. The van der Waals surface area contributed by atoms with E-state index >= 15 is 0 Å². The van der Waals surface area contributed by atoms with Crippen molar-refractivity contribution in [2.75, 3.05) is 22.6 Å². The predicted octanol–water partition coefficient (Wildman–Crippen LogP) is 7.41. The molecule has 0 bridgehead atoms. The third-order valence-corrected chi connectivity index (χ3v) is 7.90. The van der Waals surface area contributed by atoms with Crippen LogP contribution in [0.2, 0.25) is 0 Å². The van der Waals surface area contributed by atoms with Gasteiger partial charge in [-0.2, -0.15) is 26.9 Å². The van der Waals surface area contributed by atoms with Crippen LogP contribution in [0.4, 0.5) is 38.1 Å². The number of halogens is 5. The Morgan fingerprint density at radius 3 is 2.46 bits per heavy atom. The summed E-state index contributed by atoms with van der Waals surface area (Å²) in [7, 11) is 0. The zero-order valence-corrected chi connectivity index (χ0v) is 25.5. The maximum absolute atomic E-state index is 13.6. The van der Waals surface area contributed by atoms with Gasteiger partial charge >= 0.3 is 18.1 Å². The monoisotopic (exact) mass is 658 g/mol. The van der Waals surface area contributed by atoms with Gasteiger partial charge in [0.25, 0.3) is 0 Å². The second-order valence-electron chi connectivity index (χ2n) is 10.3. The number of anilines is 2. The van der Waals surface area contributed by atoms with Crippen LogP contribution < -0.4 is 10.2 Å². The number of nitrogens with zero attached hydrogens (tertiary/aromatic N) is 5. The van der Waals surface area contributed by atoms with Gasteiger partial charge in [-0.15, -0.1) is 5.10 Å². The molecule has 4 aromatic rings. The van der Waals surface area contributed by atoms with E-state index in [1.54, 1.807) is 25.1 Å². The van der Waals surface area contributed by atoms with Crippen LogP contribution in [0.3, 0.4) is 0 Å². The van der Waals surface area contributed by atoms with E-state index in [0.717, 1.165) is 35.0 Å². The first-order valence-electron chi connectivity index (χ1n) is 13.9.